The highest BCUT2D eigenvalue weighted by atomic mass is 16.3. The molecule has 1 aliphatic carbocycles. The van der Waals surface area contributed by atoms with Gasteiger partial charge in [-0.05, 0) is 121 Å². The molecule has 0 saturated heterocycles. The van der Waals surface area contributed by atoms with E-state index >= 15 is 0 Å². The van der Waals surface area contributed by atoms with Crippen LogP contribution >= 0.6 is 0 Å². The Morgan fingerprint density at radius 3 is 1.76 bits per heavy atom. The zero-order chi connectivity index (χ0) is 41.4. The maximum absolute atomic E-state index is 6.26. The molecule has 0 spiro atoms. The molecule has 0 N–H and O–H groups in total. The molecule has 12 rings (SSSR count). The fourth-order valence-corrected chi connectivity index (χ4v) is 9.58. The first kappa shape index (κ1) is 36.0. The number of para-hydroxylation sites is 1. The minimum absolute atomic E-state index is 0.0839. The summed E-state index contributed by atoms with van der Waals surface area (Å²) < 4.78 is 6.26. The van der Waals surface area contributed by atoms with Gasteiger partial charge in [-0.2, -0.15) is 0 Å². The highest BCUT2D eigenvalue weighted by Gasteiger charge is 2.35. The van der Waals surface area contributed by atoms with Crippen molar-refractivity contribution >= 4 is 32.7 Å². The van der Waals surface area contributed by atoms with Gasteiger partial charge in [0.1, 0.15) is 11.2 Å². The molecule has 2 heterocycles. The number of hydrogen-bond acceptors (Lipinski definition) is 3. The van der Waals surface area contributed by atoms with Crippen LogP contribution in [0.3, 0.4) is 0 Å². The van der Waals surface area contributed by atoms with Gasteiger partial charge in [-0.3, -0.25) is 0 Å². The van der Waals surface area contributed by atoms with Crippen LogP contribution in [0.5, 0.6) is 0 Å². The van der Waals surface area contributed by atoms with Crippen molar-refractivity contribution in [3.8, 4) is 78.4 Å². The first-order valence-electron chi connectivity index (χ1n) is 21.3. The van der Waals surface area contributed by atoms with Crippen LogP contribution in [-0.2, 0) is 5.41 Å². The summed E-state index contributed by atoms with van der Waals surface area (Å²) in [6.45, 7) is 4.65. The summed E-state index contributed by atoms with van der Waals surface area (Å²) in [6.07, 6.45) is 0. The molecule has 3 nitrogen and oxygen atoms in total. The van der Waals surface area contributed by atoms with E-state index in [4.69, 9.17) is 14.4 Å². The predicted molar refractivity (Wildman–Crippen MR) is 257 cm³/mol. The normalized spacial score (nSPS) is 12.8. The Hall–Kier alpha value is -7.88. The van der Waals surface area contributed by atoms with E-state index in [2.05, 4.69) is 208 Å². The fourth-order valence-electron chi connectivity index (χ4n) is 9.58. The molecule has 62 heavy (non-hydrogen) atoms. The third kappa shape index (κ3) is 6.04. The van der Waals surface area contributed by atoms with E-state index in [0.717, 1.165) is 77.7 Å². The zero-order valence-corrected chi connectivity index (χ0v) is 34.4. The van der Waals surface area contributed by atoms with Crippen molar-refractivity contribution in [1.29, 1.82) is 0 Å². The minimum Gasteiger partial charge on any atom is -0.456 e. The molecular formula is C59H40N2O. The van der Waals surface area contributed by atoms with Crippen LogP contribution < -0.4 is 0 Å². The van der Waals surface area contributed by atoms with Crippen LogP contribution in [0, 0.1) is 0 Å². The molecule has 9 aromatic carbocycles. The van der Waals surface area contributed by atoms with Gasteiger partial charge in [0.2, 0.25) is 0 Å². The van der Waals surface area contributed by atoms with Gasteiger partial charge < -0.3 is 4.42 Å². The number of benzene rings is 9. The van der Waals surface area contributed by atoms with Crippen LogP contribution in [-0.4, -0.2) is 9.97 Å². The van der Waals surface area contributed by atoms with Crippen LogP contribution in [0.1, 0.15) is 25.0 Å². The largest absolute Gasteiger partial charge is 0.456 e. The average Bonchev–Trinajstić information content (AvgIpc) is 3.82. The SMILES string of the molecule is CC1(C)c2ccccc2-c2cc(-c3cc(-c4cc(-c5ccc(-c6ccccc6)cc5)cc(-c5ccc6oc7ccccc7c6c5)c4)nc(-c4ccc5ccccc5c4)n3)ccc21. The van der Waals surface area contributed by atoms with Crippen LogP contribution in [0.15, 0.2) is 211 Å². The van der Waals surface area contributed by atoms with Crippen LogP contribution in [0.25, 0.3) is 111 Å². The number of furan rings is 1. The van der Waals surface area contributed by atoms with E-state index in [1.807, 2.05) is 12.1 Å². The van der Waals surface area contributed by atoms with Crippen molar-refractivity contribution in [2.24, 2.45) is 0 Å². The van der Waals surface area contributed by atoms with E-state index in [1.54, 1.807) is 0 Å². The topological polar surface area (TPSA) is 38.9 Å². The fraction of sp³-hybridized carbons (Fsp3) is 0.0508. The second kappa shape index (κ2) is 14.1. The molecule has 0 atom stereocenters. The van der Waals surface area contributed by atoms with Gasteiger partial charge in [0.05, 0.1) is 11.4 Å². The molecule has 3 heteroatoms. The van der Waals surface area contributed by atoms with E-state index < -0.39 is 0 Å². The number of hydrogen-bond donors (Lipinski definition) is 0. The first-order valence-corrected chi connectivity index (χ1v) is 21.3. The Kier molecular flexibility index (Phi) is 8.20. The van der Waals surface area contributed by atoms with E-state index in [1.165, 1.54) is 38.8 Å². The molecule has 0 aliphatic heterocycles. The van der Waals surface area contributed by atoms with Gasteiger partial charge in [-0.25, -0.2) is 9.97 Å². The van der Waals surface area contributed by atoms with Gasteiger partial charge >= 0.3 is 0 Å². The summed E-state index contributed by atoms with van der Waals surface area (Å²) in [7, 11) is 0. The second-order valence-electron chi connectivity index (χ2n) is 17.0. The highest BCUT2D eigenvalue weighted by Crippen LogP contribution is 2.49. The summed E-state index contributed by atoms with van der Waals surface area (Å²) in [5.41, 5.74) is 18.6. The summed E-state index contributed by atoms with van der Waals surface area (Å²) in [4.78, 5) is 10.8. The monoisotopic (exact) mass is 792 g/mol. The molecule has 0 radical (unpaired) electrons. The van der Waals surface area contributed by atoms with Gasteiger partial charge in [-0.15, -0.1) is 0 Å². The molecular weight excluding hydrogens is 753 g/mol. The maximum Gasteiger partial charge on any atom is 0.160 e. The van der Waals surface area contributed by atoms with Gasteiger partial charge in [-0.1, -0.05) is 166 Å². The lowest BCUT2D eigenvalue weighted by molar-refractivity contribution is 0.660. The second-order valence-corrected chi connectivity index (χ2v) is 17.0. The van der Waals surface area contributed by atoms with E-state index in [9.17, 15) is 0 Å². The van der Waals surface area contributed by atoms with E-state index in [-0.39, 0.29) is 5.41 Å². The number of aromatic nitrogens is 2. The van der Waals surface area contributed by atoms with Crippen molar-refractivity contribution in [2.75, 3.05) is 0 Å². The van der Waals surface area contributed by atoms with Crippen molar-refractivity contribution in [1.82, 2.24) is 9.97 Å². The Labute approximate surface area is 360 Å². The lowest BCUT2D eigenvalue weighted by Crippen LogP contribution is -2.14. The summed E-state index contributed by atoms with van der Waals surface area (Å²) in [5.74, 6) is 0.690. The highest BCUT2D eigenvalue weighted by molar-refractivity contribution is 6.06. The summed E-state index contributed by atoms with van der Waals surface area (Å²) >= 11 is 0. The maximum atomic E-state index is 6.26. The van der Waals surface area contributed by atoms with Crippen molar-refractivity contribution in [3.63, 3.8) is 0 Å². The molecule has 1 aliphatic rings. The number of fused-ring (bicyclic) bond motifs is 7. The molecule has 0 bridgehead atoms. The lowest BCUT2D eigenvalue weighted by atomic mass is 9.82. The number of rotatable bonds is 6. The molecule has 292 valence electrons. The quantitative estimate of drug-likeness (QED) is 0.168. The molecule has 0 fully saturated rings. The van der Waals surface area contributed by atoms with Gasteiger partial charge in [0, 0.05) is 32.9 Å². The third-order valence-electron chi connectivity index (χ3n) is 12.9. The number of nitrogens with zero attached hydrogens (tertiary/aromatic N) is 2. The Morgan fingerprint density at radius 1 is 0.339 bits per heavy atom. The molecule has 0 saturated carbocycles. The van der Waals surface area contributed by atoms with Gasteiger partial charge in [0.25, 0.3) is 0 Å². The van der Waals surface area contributed by atoms with Crippen molar-refractivity contribution in [3.05, 3.63) is 217 Å². The molecule has 11 aromatic rings. The Balaban J connectivity index is 1.07. The average molecular weight is 793 g/mol. The van der Waals surface area contributed by atoms with Crippen molar-refractivity contribution < 1.29 is 4.42 Å². The lowest BCUT2D eigenvalue weighted by Gasteiger charge is -2.21. The molecule has 0 unspecified atom stereocenters. The summed E-state index contributed by atoms with van der Waals surface area (Å²) in [6, 6.07) is 73.9. The Bertz CT molecular complexity index is 3540. The molecule has 2 aromatic heterocycles. The summed E-state index contributed by atoms with van der Waals surface area (Å²) in [5, 5.41) is 4.55. The van der Waals surface area contributed by atoms with Crippen molar-refractivity contribution in [2.45, 2.75) is 19.3 Å². The predicted octanol–water partition coefficient (Wildman–Crippen LogP) is 15.8. The molecule has 0 amide bonds. The van der Waals surface area contributed by atoms with Crippen LogP contribution in [0.4, 0.5) is 0 Å². The van der Waals surface area contributed by atoms with E-state index in [0.29, 0.717) is 5.82 Å². The third-order valence-corrected chi connectivity index (χ3v) is 12.9. The van der Waals surface area contributed by atoms with Crippen LogP contribution in [0.2, 0.25) is 0 Å². The zero-order valence-electron chi connectivity index (χ0n) is 34.4. The smallest absolute Gasteiger partial charge is 0.160 e. The standard InChI is InChI=1S/C59H40N2O/c1-59(2)52-18-10-8-16-48(52)50-35-43(26-28-53(50)59)54-36-55(61-58(60-54)44-25-24-38-14-6-7-15-41(38)30-44)47-32-45(40-22-20-39(21-23-40)37-12-4-3-5-13-37)31-46(33-47)42-27-29-57-51(34-42)49-17-9-11-19-56(49)62-57/h3-36H,1-2H3. The minimum atomic E-state index is -0.0839. The first-order chi connectivity index (χ1) is 30.4. The Morgan fingerprint density at radius 2 is 0.919 bits per heavy atom. The van der Waals surface area contributed by atoms with Gasteiger partial charge in [0.15, 0.2) is 5.82 Å².